The highest BCUT2D eigenvalue weighted by Gasteiger charge is 2.31. The highest BCUT2D eigenvalue weighted by Crippen LogP contribution is 2.35. The van der Waals surface area contributed by atoms with Crippen molar-refractivity contribution in [1.82, 2.24) is 5.32 Å². The van der Waals surface area contributed by atoms with Crippen molar-refractivity contribution in [1.29, 1.82) is 0 Å². The van der Waals surface area contributed by atoms with Crippen molar-refractivity contribution in [3.8, 4) is 0 Å². The Bertz CT molecular complexity index is 172. The maximum atomic E-state index is 8.80. The van der Waals surface area contributed by atoms with Crippen molar-refractivity contribution in [3.63, 3.8) is 0 Å². The Balaban J connectivity index is 1.77. The Morgan fingerprint density at radius 2 is 1.93 bits per heavy atom. The second-order valence-corrected chi connectivity index (χ2v) is 5.01. The van der Waals surface area contributed by atoms with E-state index in [4.69, 9.17) is 5.11 Å². The molecule has 2 fully saturated rings. The fourth-order valence-electron chi connectivity index (χ4n) is 3.19. The van der Waals surface area contributed by atoms with Crippen molar-refractivity contribution < 1.29 is 5.11 Å². The summed E-state index contributed by atoms with van der Waals surface area (Å²) in [5, 5.41) is 12.4. The highest BCUT2D eigenvalue weighted by atomic mass is 16.2. The van der Waals surface area contributed by atoms with E-state index in [0.717, 1.165) is 18.3 Å². The molecule has 1 saturated carbocycles. The van der Waals surface area contributed by atoms with Gasteiger partial charge >= 0.3 is 0 Å². The molecule has 1 saturated heterocycles. The minimum atomic E-state index is 0.353. The maximum Gasteiger partial charge on any atom is 0.0431 e. The second kappa shape index (κ2) is 5.13. The van der Waals surface area contributed by atoms with Crippen LogP contribution in [0.3, 0.4) is 0 Å². The van der Waals surface area contributed by atoms with E-state index in [2.05, 4.69) is 5.32 Å². The van der Waals surface area contributed by atoms with Crippen LogP contribution in [0.5, 0.6) is 0 Å². The summed E-state index contributed by atoms with van der Waals surface area (Å²) < 4.78 is 0. The van der Waals surface area contributed by atoms with Crippen LogP contribution < -0.4 is 5.32 Å². The standard InChI is InChI=1S/C12H23NO/c14-7-3-6-12-8-10-4-1-2-5-11(10)9-13-12/h10-14H,1-9H2. The van der Waals surface area contributed by atoms with Crippen LogP contribution in [0.15, 0.2) is 0 Å². The molecule has 0 radical (unpaired) electrons. The van der Waals surface area contributed by atoms with E-state index in [1.165, 1.54) is 45.1 Å². The predicted octanol–water partition coefficient (Wildman–Crippen LogP) is 1.93. The quantitative estimate of drug-likeness (QED) is 0.724. The zero-order chi connectivity index (χ0) is 9.80. The molecule has 3 atom stereocenters. The largest absolute Gasteiger partial charge is 0.396 e. The molecule has 0 spiro atoms. The molecule has 1 aliphatic carbocycles. The summed E-state index contributed by atoms with van der Waals surface area (Å²) in [6.45, 7) is 1.59. The summed E-state index contributed by atoms with van der Waals surface area (Å²) in [4.78, 5) is 0. The van der Waals surface area contributed by atoms with Gasteiger partial charge in [-0.25, -0.2) is 0 Å². The van der Waals surface area contributed by atoms with Gasteiger partial charge in [0.15, 0.2) is 0 Å². The first-order chi connectivity index (χ1) is 6.90. The van der Waals surface area contributed by atoms with Crippen LogP contribution in [0.25, 0.3) is 0 Å². The zero-order valence-corrected chi connectivity index (χ0v) is 9.04. The number of hydrogen-bond acceptors (Lipinski definition) is 2. The predicted molar refractivity (Wildman–Crippen MR) is 58.2 cm³/mol. The Morgan fingerprint density at radius 3 is 2.71 bits per heavy atom. The van der Waals surface area contributed by atoms with Gasteiger partial charge in [-0.3, -0.25) is 0 Å². The molecule has 2 heteroatoms. The molecule has 0 aromatic rings. The summed E-state index contributed by atoms with van der Waals surface area (Å²) >= 11 is 0. The lowest BCUT2D eigenvalue weighted by Gasteiger charge is -2.40. The van der Waals surface area contributed by atoms with Crippen molar-refractivity contribution in [2.24, 2.45) is 11.8 Å². The first-order valence-electron chi connectivity index (χ1n) is 6.24. The second-order valence-electron chi connectivity index (χ2n) is 5.01. The zero-order valence-electron chi connectivity index (χ0n) is 9.04. The van der Waals surface area contributed by atoms with Crippen LogP contribution in [0.1, 0.15) is 44.9 Å². The van der Waals surface area contributed by atoms with E-state index in [0.29, 0.717) is 12.6 Å². The highest BCUT2D eigenvalue weighted by molar-refractivity contribution is 4.86. The van der Waals surface area contributed by atoms with Gasteiger partial charge in [-0.05, 0) is 44.1 Å². The number of fused-ring (bicyclic) bond motifs is 1. The lowest BCUT2D eigenvalue weighted by Crippen LogP contribution is -2.45. The normalized spacial score (nSPS) is 37.9. The minimum Gasteiger partial charge on any atom is -0.396 e. The van der Waals surface area contributed by atoms with Gasteiger partial charge in [0.1, 0.15) is 0 Å². The van der Waals surface area contributed by atoms with Crippen molar-refractivity contribution in [3.05, 3.63) is 0 Å². The van der Waals surface area contributed by atoms with Crippen LogP contribution in [0, 0.1) is 11.8 Å². The summed E-state index contributed by atoms with van der Waals surface area (Å²) in [7, 11) is 0. The van der Waals surface area contributed by atoms with Gasteiger partial charge in [0.25, 0.3) is 0 Å². The topological polar surface area (TPSA) is 32.3 Å². The number of aliphatic hydroxyl groups excluding tert-OH is 1. The summed E-state index contributed by atoms with van der Waals surface area (Å²) in [6, 6.07) is 0.696. The van der Waals surface area contributed by atoms with Crippen molar-refractivity contribution >= 4 is 0 Å². The molecule has 0 aromatic carbocycles. The number of hydrogen-bond donors (Lipinski definition) is 2. The van der Waals surface area contributed by atoms with Gasteiger partial charge in [0, 0.05) is 12.6 Å². The number of nitrogens with one attached hydrogen (secondary N) is 1. The Labute approximate surface area is 87.1 Å². The molecule has 82 valence electrons. The Morgan fingerprint density at radius 1 is 1.14 bits per heavy atom. The van der Waals surface area contributed by atoms with Gasteiger partial charge in [-0.2, -0.15) is 0 Å². The molecule has 0 bridgehead atoms. The molecule has 2 aliphatic rings. The van der Waals surface area contributed by atoms with E-state index in [9.17, 15) is 0 Å². The summed E-state index contributed by atoms with van der Waals surface area (Å²) in [6.07, 6.45) is 9.31. The molecule has 2 rings (SSSR count). The lowest BCUT2D eigenvalue weighted by atomic mass is 9.73. The van der Waals surface area contributed by atoms with E-state index in [1.807, 2.05) is 0 Å². The third-order valence-electron chi connectivity index (χ3n) is 4.03. The number of aliphatic hydroxyl groups is 1. The monoisotopic (exact) mass is 197 g/mol. The Hall–Kier alpha value is -0.0800. The van der Waals surface area contributed by atoms with E-state index >= 15 is 0 Å². The summed E-state index contributed by atoms with van der Waals surface area (Å²) in [5.74, 6) is 1.96. The van der Waals surface area contributed by atoms with Crippen LogP contribution >= 0.6 is 0 Å². The molecule has 1 heterocycles. The van der Waals surface area contributed by atoms with E-state index in [-0.39, 0.29) is 0 Å². The van der Waals surface area contributed by atoms with Crippen molar-refractivity contribution in [2.75, 3.05) is 13.2 Å². The lowest BCUT2D eigenvalue weighted by molar-refractivity contribution is 0.145. The molecule has 0 amide bonds. The third-order valence-corrected chi connectivity index (χ3v) is 4.03. The van der Waals surface area contributed by atoms with Gasteiger partial charge in [0.2, 0.25) is 0 Å². The SMILES string of the molecule is OCCCC1CC2CCCCC2CN1. The van der Waals surface area contributed by atoms with E-state index < -0.39 is 0 Å². The van der Waals surface area contributed by atoms with Gasteiger partial charge in [0.05, 0.1) is 0 Å². The van der Waals surface area contributed by atoms with Crippen LogP contribution in [0.2, 0.25) is 0 Å². The van der Waals surface area contributed by atoms with Crippen LogP contribution in [0.4, 0.5) is 0 Å². The fourth-order valence-corrected chi connectivity index (χ4v) is 3.19. The molecule has 2 N–H and O–H groups in total. The average molecular weight is 197 g/mol. The molecule has 1 aliphatic heterocycles. The Kier molecular flexibility index (Phi) is 3.82. The van der Waals surface area contributed by atoms with Crippen molar-refractivity contribution in [2.45, 2.75) is 51.0 Å². The average Bonchev–Trinajstić information content (AvgIpc) is 2.26. The maximum absolute atomic E-state index is 8.80. The van der Waals surface area contributed by atoms with Gasteiger partial charge < -0.3 is 10.4 Å². The molecule has 2 nitrogen and oxygen atoms in total. The smallest absolute Gasteiger partial charge is 0.0431 e. The number of rotatable bonds is 3. The fraction of sp³-hybridized carbons (Fsp3) is 1.00. The third kappa shape index (κ3) is 2.48. The first-order valence-corrected chi connectivity index (χ1v) is 6.24. The van der Waals surface area contributed by atoms with E-state index in [1.54, 1.807) is 0 Å². The number of piperidine rings is 1. The molecule has 0 aromatic heterocycles. The molecule has 3 unspecified atom stereocenters. The van der Waals surface area contributed by atoms with Crippen LogP contribution in [-0.4, -0.2) is 24.3 Å². The van der Waals surface area contributed by atoms with Gasteiger partial charge in [-0.15, -0.1) is 0 Å². The minimum absolute atomic E-state index is 0.353. The molecular weight excluding hydrogens is 174 g/mol. The van der Waals surface area contributed by atoms with Gasteiger partial charge in [-0.1, -0.05) is 19.3 Å². The molecule has 14 heavy (non-hydrogen) atoms. The van der Waals surface area contributed by atoms with Crippen LogP contribution in [-0.2, 0) is 0 Å². The summed E-state index contributed by atoms with van der Waals surface area (Å²) in [5.41, 5.74) is 0. The molecular formula is C12H23NO. The first kappa shape index (κ1) is 10.4.